The number of rotatable bonds is 12. The summed E-state index contributed by atoms with van der Waals surface area (Å²) in [6, 6.07) is 1.95. The molecule has 0 radical (unpaired) electrons. The summed E-state index contributed by atoms with van der Waals surface area (Å²) in [5, 5.41) is 0. The van der Waals surface area contributed by atoms with Crippen molar-refractivity contribution in [1.82, 2.24) is 0 Å². The maximum Gasteiger partial charge on any atom is 0.331 e. The number of carbonyl (C=O) groups is 2. The van der Waals surface area contributed by atoms with Crippen molar-refractivity contribution in [3.8, 4) is 0 Å². The minimum atomic E-state index is -0.521. The van der Waals surface area contributed by atoms with E-state index in [1.165, 1.54) is 0 Å². The van der Waals surface area contributed by atoms with E-state index in [-0.39, 0.29) is 0 Å². The van der Waals surface area contributed by atoms with E-state index in [1.54, 1.807) is 14.2 Å². The molecule has 0 aromatic heterocycles. The Morgan fingerprint density at radius 1 is 0.850 bits per heavy atom. The smallest absolute Gasteiger partial charge is 0.331 e. The molecule has 0 atom stereocenters. The molecular formula is C12H24O6Si2. The number of hydrogen-bond acceptors (Lipinski definition) is 6. The van der Waals surface area contributed by atoms with Crippen LogP contribution in [0.4, 0.5) is 0 Å². The summed E-state index contributed by atoms with van der Waals surface area (Å²) in [6.45, 7) is 0.715. The fourth-order valence-electron chi connectivity index (χ4n) is 1.27. The molecule has 0 rings (SSSR count). The van der Waals surface area contributed by atoms with Crippen LogP contribution in [0.25, 0.3) is 0 Å². The molecule has 0 aromatic rings. The van der Waals surface area contributed by atoms with Crippen molar-refractivity contribution in [1.29, 1.82) is 0 Å². The van der Waals surface area contributed by atoms with Crippen LogP contribution in [0, 0.1) is 0 Å². The van der Waals surface area contributed by atoms with Gasteiger partial charge in [-0.15, -0.1) is 0 Å². The highest BCUT2D eigenvalue weighted by molar-refractivity contribution is 6.27. The second kappa shape index (κ2) is 14.4. The highest BCUT2D eigenvalue weighted by Gasteiger charge is 2.01. The van der Waals surface area contributed by atoms with Gasteiger partial charge in [-0.2, -0.15) is 0 Å². The van der Waals surface area contributed by atoms with Crippen LogP contribution >= 0.6 is 0 Å². The van der Waals surface area contributed by atoms with Crippen LogP contribution in [-0.4, -0.2) is 58.9 Å². The van der Waals surface area contributed by atoms with E-state index in [0.717, 1.165) is 37.1 Å². The van der Waals surface area contributed by atoms with Crippen molar-refractivity contribution >= 4 is 31.5 Å². The van der Waals surface area contributed by atoms with Gasteiger partial charge in [-0.25, -0.2) is 9.59 Å². The number of carbonyl (C=O) groups excluding carboxylic acids is 2. The summed E-state index contributed by atoms with van der Waals surface area (Å²) < 4.78 is 19.9. The lowest BCUT2D eigenvalue weighted by molar-refractivity contribution is -0.140. The van der Waals surface area contributed by atoms with Crippen LogP contribution in [0.2, 0.25) is 12.1 Å². The topological polar surface area (TPSA) is 71.1 Å². The lowest BCUT2D eigenvalue weighted by Crippen LogP contribution is -2.07. The predicted molar refractivity (Wildman–Crippen MR) is 81.0 cm³/mol. The fraction of sp³-hybridized carbons (Fsp3) is 0.667. The Kier molecular flexibility index (Phi) is 13.7. The van der Waals surface area contributed by atoms with Crippen molar-refractivity contribution in [2.45, 2.75) is 24.9 Å². The van der Waals surface area contributed by atoms with Gasteiger partial charge in [-0.05, 0) is 24.9 Å². The second-order valence-electron chi connectivity index (χ2n) is 4.07. The average Bonchev–Trinajstić information content (AvgIpc) is 2.44. The summed E-state index contributed by atoms with van der Waals surface area (Å²) in [4.78, 5) is 22.5. The van der Waals surface area contributed by atoms with Gasteiger partial charge in [0.2, 0.25) is 0 Å². The van der Waals surface area contributed by atoms with E-state index in [0.29, 0.717) is 13.2 Å². The number of esters is 2. The third kappa shape index (κ3) is 13.5. The van der Waals surface area contributed by atoms with Crippen molar-refractivity contribution in [3.05, 3.63) is 12.2 Å². The maximum atomic E-state index is 11.2. The molecule has 0 bridgehead atoms. The van der Waals surface area contributed by atoms with Crippen LogP contribution < -0.4 is 0 Å². The van der Waals surface area contributed by atoms with Gasteiger partial charge >= 0.3 is 11.9 Å². The SMILES string of the molecule is CO[SiH2]CCCOC(=O)/C=C\C(=O)OCCC[SiH2]OC. The zero-order valence-electron chi connectivity index (χ0n) is 12.3. The lowest BCUT2D eigenvalue weighted by Gasteiger charge is -2.02. The molecule has 6 nitrogen and oxygen atoms in total. The van der Waals surface area contributed by atoms with E-state index < -0.39 is 31.5 Å². The summed E-state index contributed by atoms with van der Waals surface area (Å²) in [7, 11) is 2.46. The van der Waals surface area contributed by atoms with Crippen LogP contribution in [0.5, 0.6) is 0 Å². The van der Waals surface area contributed by atoms with Crippen molar-refractivity contribution in [3.63, 3.8) is 0 Å². The zero-order chi connectivity index (χ0) is 15.1. The van der Waals surface area contributed by atoms with Gasteiger partial charge < -0.3 is 18.3 Å². The average molecular weight is 320 g/mol. The first kappa shape index (κ1) is 19.0. The maximum absolute atomic E-state index is 11.2. The molecule has 0 aromatic carbocycles. The number of ether oxygens (including phenoxy) is 2. The minimum absolute atomic E-state index is 0.357. The zero-order valence-corrected chi connectivity index (χ0v) is 15.1. The first-order valence-electron chi connectivity index (χ1n) is 6.70. The van der Waals surface area contributed by atoms with Crippen LogP contribution in [-0.2, 0) is 27.9 Å². The van der Waals surface area contributed by atoms with E-state index in [4.69, 9.17) is 18.3 Å². The van der Waals surface area contributed by atoms with Gasteiger partial charge in [0, 0.05) is 26.4 Å². The molecule has 0 saturated heterocycles. The third-order valence-corrected chi connectivity index (χ3v) is 4.72. The van der Waals surface area contributed by atoms with Gasteiger partial charge in [-0.3, -0.25) is 0 Å². The van der Waals surface area contributed by atoms with Gasteiger partial charge in [0.05, 0.1) is 13.2 Å². The van der Waals surface area contributed by atoms with Gasteiger partial charge in [0.1, 0.15) is 0 Å². The number of hydrogen-bond donors (Lipinski definition) is 0. The van der Waals surface area contributed by atoms with E-state index >= 15 is 0 Å². The van der Waals surface area contributed by atoms with Gasteiger partial charge in [-0.1, -0.05) is 0 Å². The fourth-order valence-corrected chi connectivity index (χ4v) is 2.67. The van der Waals surface area contributed by atoms with Crippen molar-refractivity contribution in [2.75, 3.05) is 27.4 Å². The molecule has 0 fully saturated rings. The second-order valence-corrected chi connectivity index (χ2v) is 7.45. The first-order chi connectivity index (χ1) is 9.70. The Morgan fingerprint density at radius 3 is 1.60 bits per heavy atom. The molecule has 20 heavy (non-hydrogen) atoms. The first-order valence-corrected chi connectivity index (χ1v) is 9.85. The normalized spacial score (nSPS) is 11.9. The monoisotopic (exact) mass is 320 g/mol. The van der Waals surface area contributed by atoms with E-state index in [9.17, 15) is 9.59 Å². The molecule has 116 valence electrons. The summed E-state index contributed by atoms with van der Waals surface area (Å²) in [6.07, 6.45) is 3.79. The summed E-state index contributed by atoms with van der Waals surface area (Å²) >= 11 is 0. The van der Waals surface area contributed by atoms with Gasteiger partial charge in [0.15, 0.2) is 19.5 Å². The molecule has 0 aliphatic carbocycles. The Balaban J connectivity index is 3.54. The van der Waals surface area contributed by atoms with Crippen molar-refractivity contribution in [2.24, 2.45) is 0 Å². The lowest BCUT2D eigenvalue weighted by atomic mass is 10.4. The summed E-state index contributed by atoms with van der Waals surface area (Å²) in [5.74, 6) is -1.04. The molecule has 0 saturated carbocycles. The van der Waals surface area contributed by atoms with Crippen LogP contribution in [0.3, 0.4) is 0 Å². The largest absolute Gasteiger partial charge is 0.463 e. The Bertz CT molecular complexity index is 268. The third-order valence-electron chi connectivity index (χ3n) is 2.33. The quantitative estimate of drug-likeness (QED) is 0.213. The molecule has 0 amide bonds. The predicted octanol–water partition coefficient (Wildman–Crippen LogP) is -0.294. The molecular weight excluding hydrogens is 296 g/mol. The van der Waals surface area contributed by atoms with E-state index in [1.807, 2.05) is 0 Å². The van der Waals surface area contributed by atoms with E-state index in [2.05, 4.69) is 0 Å². The summed E-state index contributed by atoms with van der Waals surface area (Å²) in [5.41, 5.74) is 0. The highest BCUT2D eigenvalue weighted by atomic mass is 28.2. The van der Waals surface area contributed by atoms with Gasteiger partial charge in [0.25, 0.3) is 0 Å². The molecule has 0 aliphatic rings. The molecule has 0 heterocycles. The molecule has 8 heteroatoms. The van der Waals surface area contributed by atoms with Crippen molar-refractivity contribution < 1.29 is 27.9 Å². The molecule has 0 aliphatic heterocycles. The molecule has 0 N–H and O–H groups in total. The van der Waals surface area contributed by atoms with Crippen LogP contribution in [0.1, 0.15) is 12.8 Å². The minimum Gasteiger partial charge on any atom is -0.463 e. The Morgan fingerprint density at radius 2 is 1.25 bits per heavy atom. The molecule has 0 spiro atoms. The Hall–Kier alpha value is -0.966. The van der Waals surface area contributed by atoms with Crippen LogP contribution in [0.15, 0.2) is 12.2 Å². The standard InChI is InChI=1S/C12H24O6Si2/c1-15-19-9-3-7-17-11(13)5-6-12(14)18-8-4-10-20-16-2/h5-6H,3-4,7-10,19-20H2,1-2H3/b6-5-. The molecule has 0 unspecified atom stereocenters. The highest BCUT2D eigenvalue weighted by Crippen LogP contribution is 1.94. The Labute approximate surface area is 124 Å².